The van der Waals surface area contributed by atoms with Gasteiger partial charge in [0.1, 0.15) is 0 Å². The number of nitrogens with one attached hydrogen (secondary N) is 1. The predicted molar refractivity (Wildman–Crippen MR) is 256 cm³/mol. The molecule has 3 aromatic carbocycles. The molecule has 4 amide bonds. The van der Waals surface area contributed by atoms with E-state index in [0.29, 0.717) is 22.3 Å². The van der Waals surface area contributed by atoms with Crippen LogP contribution in [0.5, 0.6) is 0 Å². The molecule has 384 valence electrons. The average Bonchev–Trinajstić information content (AvgIpc) is 3.35. The van der Waals surface area contributed by atoms with Crippen molar-refractivity contribution in [2.24, 2.45) is 22.6 Å². The summed E-state index contributed by atoms with van der Waals surface area (Å²) < 4.78 is 95.3. The van der Waals surface area contributed by atoms with Crippen LogP contribution >= 0.6 is 0 Å². The fourth-order valence-corrected chi connectivity index (χ4v) is 9.11. The van der Waals surface area contributed by atoms with Crippen molar-refractivity contribution < 1.29 is 55.0 Å². The van der Waals surface area contributed by atoms with Crippen LogP contribution in [0, 0.1) is 34.5 Å². The number of nitrogens with two attached hydrogens (primary N) is 1. The average molecular weight is 1010 g/mol. The van der Waals surface area contributed by atoms with Gasteiger partial charge in [-0.1, -0.05) is 49.4 Å². The molecule has 3 N–H and O–H groups in total. The van der Waals surface area contributed by atoms with Crippen LogP contribution in [0.4, 0.5) is 41.6 Å². The van der Waals surface area contributed by atoms with Crippen molar-refractivity contribution in [2.75, 3.05) is 44.3 Å². The number of carbonyl (C=O) groups is 4. The molecule has 0 fully saturated rings. The minimum absolute atomic E-state index is 0.00231. The zero-order chi connectivity index (χ0) is 53.4. The van der Waals surface area contributed by atoms with Gasteiger partial charge in [-0.25, -0.2) is 19.2 Å². The molecule has 2 heterocycles. The molecule has 2 unspecified atom stereocenters. The van der Waals surface area contributed by atoms with Crippen LogP contribution in [0.3, 0.4) is 0 Å². The van der Waals surface area contributed by atoms with Crippen LogP contribution in [0.2, 0.25) is 0 Å². The van der Waals surface area contributed by atoms with Gasteiger partial charge in [0, 0.05) is 49.2 Å². The molecule has 21 heteroatoms. The summed E-state index contributed by atoms with van der Waals surface area (Å²) in [6.45, 7) is 7.28. The van der Waals surface area contributed by atoms with E-state index in [9.17, 15) is 56.0 Å². The largest absolute Gasteiger partial charge is 0.463 e. The molecule has 0 saturated heterocycles. The maximum Gasteiger partial charge on any atom is 0.416 e. The second-order valence-corrected chi connectivity index (χ2v) is 17.1. The highest BCUT2D eigenvalue weighted by atomic mass is 19.4. The number of amides is 4. The molecule has 0 radical (unpaired) electrons. The highest BCUT2D eigenvalue weighted by molar-refractivity contribution is 6.03. The lowest BCUT2D eigenvalue weighted by Crippen LogP contribution is -2.52. The molecule has 0 spiro atoms. The lowest BCUT2D eigenvalue weighted by molar-refractivity contribution is -0.171. The first-order valence-electron chi connectivity index (χ1n) is 23.3. The van der Waals surface area contributed by atoms with Gasteiger partial charge in [0.25, 0.3) is 0 Å². The molecule has 1 aliphatic carbocycles. The summed E-state index contributed by atoms with van der Waals surface area (Å²) in [5.74, 6) is -4.79. The van der Waals surface area contributed by atoms with Gasteiger partial charge < -0.3 is 30.3 Å². The van der Waals surface area contributed by atoms with Crippen molar-refractivity contribution in [3.63, 3.8) is 0 Å². The number of rotatable bonds is 16. The Labute approximate surface area is 418 Å². The van der Waals surface area contributed by atoms with E-state index in [1.54, 1.807) is 38.1 Å². The van der Waals surface area contributed by atoms with Crippen LogP contribution in [-0.4, -0.2) is 90.2 Å². The van der Waals surface area contributed by atoms with Crippen LogP contribution in [0.15, 0.2) is 124 Å². The summed E-state index contributed by atoms with van der Waals surface area (Å²) in [6.07, 6.45) is -5.43. The molecule has 2 aliphatic heterocycles. The number of aliphatic imine (C=N–C) groups is 1. The Bertz CT molecular complexity index is 2830. The summed E-state index contributed by atoms with van der Waals surface area (Å²) in [5, 5.41) is 21.9. The predicted octanol–water partition coefficient (Wildman–Crippen LogP) is 9.54. The molecule has 73 heavy (non-hydrogen) atoms. The molecule has 6 rings (SSSR count). The second-order valence-electron chi connectivity index (χ2n) is 17.1. The van der Waals surface area contributed by atoms with Crippen LogP contribution < -0.4 is 16.0 Å². The van der Waals surface area contributed by atoms with Crippen molar-refractivity contribution in [3.05, 3.63) is 147 Å². The zero-order valence-corrected chi connectivity index (χ0v) is 40.6. The molecule has 0 aromatic heterocycles. The number of urea groups is 2. The molecule has 4 atom stereocenters. The monoisotopic (exact) mass is 1010 g/mol. The van der Waals surface area contributed by atoms with Crippen molar-refractivity contribution >= 4 is 35.6 Å². The Balaban J connectivity index is 1.24. The summed E-state index contributed by atoms with van der Waals surface area (Å²) in [6, 6.07) is 16.9. The quantitative estimate of drug-likeness (QED) is 0.0458. The summed E-state index contributed by atoms with van der Waals surface area (Å²) in [7, 11) is 0. The Morgan fingerprint density at radius 1 is 0.767 bits per heavy atom. The molecular weight excluding hydrogens is 961 g/mol. The maximum atomic E-state index is 14.7. The first-order valence-corrected chi connectivity index (χ1v) is 23.3. The van der Waals surface area contributed by atoms with Gasteiger partial charge >= 0.3 is 36.4 Å². The smallest absolute Gasteiger partial charge is 0.416 e. The Hall–Kier alpha value is -8.07. The number of hydrogen-bond donors (Lipinski definition) is 2. The summed E-state index contributed by atoms with van der Waals surface area (Å²) >= 11 is 0. The van der Waals surface area contributed by atoms with Gasteiger partial charge in [-0.15, -0.1) is 0 Å². The molecule has 0 bridgehead atoms. The van der Waals surface area contributed by atoms with Crippen molar-refractivity contribution in [1.82, 2.24) is 20.0 Å². The van der Waals surface area contributed by atoms with Gasteiger partial charge in [0.15, 0.2) is 5.96 Å². The normalized spacial score (nSPS) is 19.7. The van der Waals surface area contributed by atoms with E-state index in [1.165, 1.54) is 73.1 Å². The minimum atomic E-state index is -4.74. The lowest BCUT2D eigenvalue weighted by atomic mass is 9.84. The minimum Gasteiger partial charge on any atom is -0.463 e. The van der Waals surface area contributed by atoms with E-state index < -0.39 is 65.8 Å². The molecule has 3 aromatic rings. The first-order chi connectivity index (χ1) is 34.7. The molecular formula is C52H53F6N9O6. The number of nitrogens with zero attached hydrogens (tertiary/aromatic N) is 7. The Kier molecular flexibility index (Phi) is 17.1. The number of alkyl halides is 6. The number of guanidine groups is 1. The Morgan fingerprint density at radius 2 is 1.27 bits per heavy atom. The highest BCUT2D eigenvalue weighted by Crippen LogP contribution is 2.46. The number of carbonyl (C=O) groups excluding carboxylic acids is 4. The van der Waals surface area contributed by atoms with E-state index >= 15 is 0 Å². The van der Waals surface area contributed by atoms with Crippen molar-refractivity contribution in [3.8, 4) is 12.1 Å². The van der Waals surface area contributed by atoms with Crippen LogP contribution in [0.1, 0.15) is 87.4 Å². The first kappa shape index (κ1) is 54.3. The maximum absolute atomic E-state index is 14.7. The zero-order valence-electron chi connectivity index (χ0n) is 40.6. The fourth-order valence-electron chi connectivity index (χ4n) is 9.11. The van der Waals surface area contributed by atoms with Gasteiger partial charge in [-0.05, 0) is 100 Å². The molecule has 0 saturated carbocycles. The van der Waals surface area contributed by atoms with Gasteiger partial charge in [-0.3, -0.25) is 14.8 Å². The number of benzene rings is 3. The van der Waals surface area contributed by atoms with E-state index in [-0.39, 0.29) is 92.1 Å². The third-order valence-electron chi connectivity index (χ3n) is 12.6. The number of esters is 2. The number of anilines is 1. The van der Waals surface area contributed by atoms with E-state index in [4.69, 9.17) is 15.2 Å². The van der Waals surface area contributed by atoms with E-state index in [0.717, 1.165) is 34.1 Å². The standard InChI is InChI=1S/C52H53F6N9O6/c1-6-72-46(68)42-32(4)66(39-13-8-12-38(28-39)51(53,54)55)49(70)64(44(42)36-20-16-34(29-59)17-21-36)26-10-24-62-48(61)63-25-11-27-65-45(37-22-18-35(30-60)19-23-37)43(47(69)73-7-2)33(5)67(50(65)71)41-15-9-14-40(31(41)3)52(56,57)58/h8-9,12-23,28,31,40,44-45H,6-7,10-11,24-27H2,1-5H3,(H3,61,62,63)/t31?,40?,44-,45-/m1/s1. The van der Waals surface area contributed by atoms with Crippen LogP contribution in [-0.2, 0) is 25.2 Å². The number of nitriles is 2. The number of halogens is 6. The fraction of sp³-hybridized carbons (Fsp3) is 0.365. The number of allylic oxidation sites excluding steroid dienone is 6. The van der Waals surface area contributed by atoms with Gasteiger partial charge in [0.2, 0.25) is 0 Å². The third-order valence-corrected chi connectivity index (χ3v) is 12.6. The van der Waals surface area contributed by atoms with Gasteiger partial charge in [0.05, 0.1) is 76.9 Å². The van der Waals surface area contributed by atoms with Crippen LogP contribution in [0.25, 0.3) is 0 Å². The van der Waals surface area contributed by atoms with E-state index in [2.05, 4.69) is 10.3 Å². The lowest BCUT2D eigenvalue weighted by Gasteiger charge is -2.45. The summed E-state index contributed by atoms with van der Waals surface area (Å²) in [5.41, 5.74) is 6.74. The molecule has 3 aliphatic rings. The second kappa shape index (κ2) is 23.0. The SMILES string of the molecule is CCOC(=O)C1=C(C)N(C2=CC=CC(C(F)(F)F)C2C)C(=O)N(CCCNC(N)=NCCCN2C(=O)N(c3cccc(C(F)(F)F)c3)C(C)=C(C(=O)OCC)[C@H]2c2ccc(C#N)cc2)[C@@H]1c1ccc(C#N)cc1. The van der Waals surface area contributed by atoms with Crippen molar-refractivity contribution in [1.29, 1.82) is 10.5 Å². The molecule has 15 nitrogen and oxygen atoms in total. The number of ether oxygens (including phenoxy) is 2. The summed E-state index contributed by atoms with van der Waals surface area (Å²) in [4.78, 5) is 66.1. The number of hydrogen-bond acceptors (Lipinski definition) is 9. The third kappa shape index (κ3) is 11.8. The Morgan fingerprint density at radius 3 is 1.77 bits per heavy atom. The van der Waals surface area contributed by atoms with Gasteiger partial charge in [-0.2, -0.15) is 36.9 Å². The van der Waals surface area contributed by atoms with E-state index in [1.807, 2.05) is 12.1 Å². The topological polar surface area (TPSA) is 198 Å². The van der Waals surface area contributed by atoms with Crippen molar-refractivity contribution in [2.45, 2.75) is 71.9 Å². The highest BCUT2D eigenvalue weighted by Gasteiger charge is 2.49.